The maximum atomic E-state index is 12.2. The first-order valence-corrected chi connectivity index (χ1v) is 8.15. The van der Waals surface area contributed by atoms with Crippen molar-refractivity contribution in [1.82, 2.24) is 4.90 Å². The van der Waals surface area contributed by atoms with Crippen molar-refractivity contribution < 1.29 is 14.3 Å². The lowest BCUT2D eigenvalue weighted by Crippen LogP contribution is -2.23. The molecule has 0 atom stereocenters. The summed E-state index contributed by atoms with van der Waals surface area (Å²) < 4.78 is 10.5. The number of amides is 1. The van der Waals surface area contributed by atoms with Gasteiger partial charge < -0.3 is 14.4 Å². The van der Waals surface area contributed by atoms with Gasteiger partial charge in [0.1, 0.15) is 6.07 Å². The van der Waals surface area contributed by atoms with Crippen molar-refractivity contribution in [2.75, 3.05) is 20.8 Å². The average molecular weight is 342 g/mol. The van der Waals surface area contributed by atoms with Crippen molar-refractivity contribution in [3.63, 3.8) is 0 Å². The minimum absolute atomic E-state index is 0.0441. The van der Waals surface area contributed by atoms with E-state index >= 15 is 0 Å². The fourth-order valence-corrected chi connectivity index (χ4v) is 2.78. The molecule has 0 aliphatic rings. The molecule has 0 unspecified atom stereocenters. The Kier molecular flexibility index (Phi) is 6.41. The summed E-state index contributed by atoms with van der Waals surface area (Å²) in [5.74, 6) is 0.941. The fourth-order valence-electron chi connectivity index (χ4n) is 2.03. The van der Waals surface area contributed by atoms with E-state index in [2.05, 4.69) is 0 Å². The summed E-state index contributed by atoms with van der Waals surface area (Å²) in [6.07, 6.45) is 3.25. The second-order valence-corrected chi connectivity index (χ2v) is 6.00. The number of methoxy groups -OCH3 is 1. The van der Waals surface area contributed by atoms with Gasteiger partial charge in [-0.15, -0.1) is 11.3 Å². The summed E-state index contributed by atoms with van der Waals surface area (Å²) in [5.41, 5.74) is 0.814. The van der Waals surface area contributed by atoms with Crippen molar-refractivity contribution in [1.29, 1.82) is 5.26 Å². The molecule has 1 aromatic carbocycles. The minimum atomic E-state index is -0.0767. The molecular weight excluding hydrogens is 324 g/mol. The maximum absolute atomic E-state index is 12.2. The van der Waals surface area contributed by atoms with Crippen molar-refractivity contribution in [2.24, 2.45) is 0 Å². The maximum Gasteiger partial charge on any atom is 0.246 e. The number of ether oxygens (including phenoxy) is 2. The van der Waals surface area contributed by atoms with Crippen molar-refractivity contribution in [3.05, 3.63) is 52.2 Å². The van der Waals surface area contributed by atoms with Gasteiger partial charge in [-0.05, 0) is 35.2 Å². The number of nitriles is 1. The Labute approximate surface area is 145 Å². The molecule has 0 saturated heterocycles. The van der Waals surface area contributed by atoms with Crippen LogP contribution in [0.4, 0.5) is 0 Å². The van der Waals surface area contributed by atoms with Crippen molar-refractivity contribution in [2.45, 2.75) is 6.54 Å². The first kappa shape index (κ1) is 17.6. The van der Waals surface area contributed by atoms with Gasteiger partial charge >= 0.3 is 0 Å². The summed E-state index contributed by atoms with van der Waals surface area (Å²) in [7, 11) is 3.30. The van der Waals surface area contributed by atoms with Crippen molar-refractivity contribution >= 4 is 23.3 Å². The highest BCUT2D eigenvalue weighted by Crippen LogP contribution is 2.28. The Bertz CT molecular complexity index is 748. The van der Waals surface area contributed by atoms with Crippen LogP contribution in [0.2, 0.25) is 0 Å². The van der Waals surface area contributed by atoms with Crippen LogP contribution in [0, 0.1) is 11.3 Å². The topological polar surface area (TPSA) is 62.6 Å². The smallest absolute Gasteiger partial charge is 0.246 e. The molecule has 1 amide bonds. The second kappa shape index (κ2) is 8.75. The van der Waals surface area contributed by atoms with Gasteiger partial charge in [-0.1, -0.05) is 12.1 Å². The molecule has 24 heavy (non-hydrogen) atoms. The van der Waals surface area contributed by atoms with Crippen LogP contribution in [0.1, 0.15) is 10.4 Å². The molecule has 0 aliphatic heterocycles. The molecule has 0 aliphatic carbocycles. The molecule has 5 nitrogen and oxygen atoms in total. The van der Waals surface area contributed by atoms with Gasteiger partial charge in [0.05, 0.1) is 13.7 Å². The molecule has 1 heterocycles. The molecule has 2 aromatic rings. The number of thiophene rings is 1. The highest BCUT2D eigenvalue weighted by molar-refractivity contribution is 7.09. The largest absolute Gasteiger partial charge is 0.493 e. The first-order chi connectivity index (χ1) is 11.6. The number of nitrogens with zero attached hydrogens (tertiary/aromatic N) is 2. The molecule has 2 rings (SSSR count). The van der Waals surface area contributed by atoms with Gasteiger partial charge in [0, 0.05) is 18.0 Å². The van der Waals surface area contributed by atoms with Crippen molar-refractivity contribution in [3.8, 4) is 17.6 Å². The van der Waals surface area contributed by atoms with Crippen LogP contribution >= 0.6 is 11.3 Å². The van der Waals surface area contributed by atoms with E-state index in [1.807, 2.05) is 23.6 Å². The molecule has 0 radical (unpaired) electrons. The van der Waals surface area contributed by atoms with Gasteiger partial charge in [0.2, 0.25) is 5.91 Å². The lowest BCUT2D eigenvalue weighted by atomic mass is 10.2. The number of hydrogen-bond acceptors (Lipinski definition) is 5. The third-order valence-electron chi connectivity index (χ3n) is 3.25. The molecular formula is C18H18N2O3S. The Morgan fingerprint density at radius 2 is 2.21 bits per heavy atom. The zero-order valence-corrected chi connectivity index (χ0v) is 14.4. The highest BCUT2D eigenvalue weighted by Gasteiger charge is 2.07. The van der Waals surface area contributed by atoms with Crippen LogP contribution in [0.15, 0.2) is 41.8 Å². The Morgan fingerprint density at radius 3 is 2.88 bits per heavy atom. The molecule has 124 valence electrons. The molecule has 0 N–H and O–H groups in total. The monoisotopic (exact) mass is 342 g/mol. The normalized spacial score (nSPS) is 10.4. The molecule has 0 fully saturated rings. The summed E-state index contributed by atoms with van der Waals surface area (Å²) >= 11 is 1.62. The summed E-state index contributed by atoms with van der Waals surface area (Å²) in [6.45, 7) is 0.544. The van der Waals surface area contributed by atoms with Crippen LogP contribution < -0.4 is 9.47 Å². The van der Waals surface area contributed by atoms with Gasteiger partial charge in [-0.25, -0.2) is 0 Å². The third kappa shape index (κ3) is 4.86. The van der Waals surface area contributed by atoms with E-state index in [1.165, 1.54) is 13.2 Å². The zero-order chi connectivity index (χ0) is 17.4. The van der Waals surface area contributed by atoms with Crippen LogP contribution in [-0.2, 0) is 11.3 Å². The van der Waals surface area contributed by atoms with Crippen LogP contribution in [0.25, 0.3) is 6.08 Å². The van der Waals surface area contributed by atoms with E-state index in [-0.39, 0.29) is 12.5 Å². The number of carbonyl (C=O) groups excluding carboxylic acids is 1. The number of carbonyl (C=O) groups is 1. The highest BCUT2D eigenvalue weighted by atomic mass is 32.1. The van der Waals surface area contributed by atoms with E-state index < -0.39 is 0 Å². The van der Waals surface area contributed by atoms with E-state index in [4.69, 9.17) is 14.7 Å². The number of rotatable bonds is 7. The number of benzene rings is 1. The van der Waals surface area contributed by atoms with E-state index in [0.29, 0.717) is 18.0 Å². The Hall–Kier alpha value is -2.78. The third-order valence-corrected chi connectivity index (χ3v) is 4.11. The predicted octanol–water partition coefficient (Wildman–Crippen LogP) is 3.33. The molecule has 0 bridgehead atoms. The predicted molar refractivity (Wildman–Crippen MR) is 93.9 cm³/mol. The summed E-state index contributed by atoms with van der Waals surface area (Å²) in [4.78, 5) is 15.0. The summed E-state index contributed by atoms with van der Waals surface area (Å²) in [5, 5.41) is 10.6. The molecule has 0 spiro atoms. The summed E-state index contributed by atoms with van der Waals surface area (Å²) in [6, 6.07) is 11.2. The van der Waals surface area contributed by atoms with Gasteiger partial charge in [-0.3, -0.25) is 4.79 Å². The van der Waals surface area contributed by atoms with E-state index in [0.717, 1.165) is 10.4 Å². The Balaban J connectivity index is 2.02. The van der Waals surface area contributed by atoms with Crippen LogP contribution in [0.5, 0.6) is 11.5 Å². The minimum Gasteiger partial charge on any atom is -0.493 e. The second-order valence-electron chi connectivity index (χ2n) is 4.96. The number of likely N-dealkylation sites (N-methyl/N-ethyl adjacent to an activating group) is 1. The SMILES string of the molecule is COc1cc(/C=C/C(=O)N(C)Cc2cccs2)ccc1OCC#N. The molecule has 6 heteroatoms. The quantitative estimate of drug-likeness (QED) is 0.724. The molecule has 0 saturated carbocycles. The molecule has 1 aromatic heterocycles. The fraction of sp³-hybridized carbons (Fsp3) is 0.222. The van der Waals surface area contributed by atoms with Crippen LogP contribution in [0.3, 0.4) is 0 Å². The van der Waals surface area contributed by atoms with Crippen LogP contribution in [-0.4, -0.2) is 31.6 Å². The first-order valence-electron chi connectivity index (χ1n) is 7.27. The van der Waals surface area contributed by atoms with Gasteiger partial charge in [0.25, 0.3) is 0 Å². The lowest BCUT2D eigenvalue weighted by Gasteiger charge is -2.13. The Morgan fingerprint density at radius 1 is 1.38 bits per heavy atom. The zero-order valence-electron chi connectivity index (χ0n) is 13.6. The van der Waals surface area contributed by atoms with Gasteiger partial charge in [0.15, 0.2) is 18.1 Å². The number of hydrogen-bond donors (Lipinski definition) is 0. The lowest BCUT2D eigenvalue weighted by molar-refractivity contribution is -0.125. The standard InChI is InChI=1S/C18H18N2O3S/c1-20(13-15-4-3-11-24-15)18(21)8-6-14-5-7-16(23-10-9-19)17(12-14)22-2/h3-8,11-12H,10,13H2,1-2H3/b8-6+. The van der Waals surface area contributed by atoms with E-state index in [9.17, 15) is 4.79 Å². The van der Waals surface area contributed by atoms with E-state index in [1.54, 1.807) is 47.6 Å². The average Bonchev–Trinajstić information content (AvgIpc) is 3.10. The van der Waals surface area contributed by atoms with Gasteiger partial charge in [-0.2, -0.15) is 5.26 Å².